The Kier molecular flexibility index (Phi) is 8.05. The minimum atomic E-state index is 0.907. The van der Waals surface area contributed by atoms with E-state index >= 15 is 0 Å². The van der Waals surface area contributed by atoms with E-state index in [4.69, 9.17) is 4.98 Å². The molecule has 0 amide bonds. The van der Waals surface area contributed by atoms with Crippen LogP contribution in [0.15, 0.2) is 159 Å². The average molecular weight is 596 g/mol. The zero-order chi connectivity index (χ0) is 31.5. The summed E-state index contributed by atoms with van der Waals surface area (Å²) in [4.78, 5) is 7.27. The predicted molar refractivity (Wildman–Crippen MR) is 197 cm³/mol. The van der Waals surface area contributed by atoms with E-state index in [1.54, 1.807) is 0 Å². The smallest absolute Gasteiger partial charge is 0.0724 e. The van der Waals surface area contributed by atoms with Gasteiger partial charge in [-0.05, 0) is 78.1 Å². The number of hydrogen-bond acceptors (Lipinski definition) is 2. The molecule has 3 nitrogen and oxygen atoms in total. The van der Waals surface area contributed by atoms with E-state index in [0.29, 0.717) is 0 Å². The van der Waals surface area contributed by atoms with Gasteiger partial charge in [-0.25, -0.2) is 0 Å². The summed E-state index contributed by atoms with van der Waals surface area (Å²) in [6, 6.07) is 38.6. The van der Waals surface area contributed by atoms with E-state index < -0.39 is 0 Å². The van der Waals surface area contributed by atoms with Crippen LogP contribution < -0.4 is 4.90 Å². The van der Waals surface area contributed by atoms with Crippen molar-refractivity contribution in [3.8, 4) is 5.69 Å². The molecule has 0 atom stereocenters. The van der Waals surface area contributed by atoms with Gasteiger partial charge in [-0.15, -0.1) is 0 Å². The molecule has 0 radical (unpaired) electrons. The summed E-state index contributed by atoms with van der Waals surface area (Å²) in [5, 5.41) is 2.38. The molecule has 3 heteroatoms. The third-order valence-electron chi connectivity index (χ3n) is 8.63. The second-order valence-electron chi connectivity index (χ2n) is 11.2. The third-order valence-corrected chi connectivity index (χ3v) is 8.63. The van der Waals surface area contributed by atoms with Crippen LogP contribution in [0.2, 0.25) is 0 Å². The van der Waals surface area contributed by atoms with E-state index in [-0.39, 0.29) is 0 Å². The van der Waals surface area contributed by atoms with E-state index in [0.717, 1.165) is 57.8 Å². The van der Waals surface area contributed by atoms with Gasteiger partial charge in [0.2, 0.25) is 0 Å². The van der Waals surface area contributed by atoms with Gasteiger partial charge in [0.1, 0.15) is 0 Å². The van der Waals surface area contributed by atoms with Crippen molar-refractivity contribution in [1.29, 1.82) is 0 Å². The molecular weight excluding hydrogens is 558 g/mol. The molecule has 1 aliphatic heterocycles. The molecule has 224 valence electrons. The number of nitrogens with zero attached hydrogens (tertiary/aromatic N) is 3. The number of pyridine rings is 1. The highest BCUT2D eigenvalue weighted by Gasteiger charge is 2.20. The molecule has 6 aromatic rings. The fourth-order valence-electron chi connectivity index (χ4n) is 6.47. The van der Waals surface area contributed by atoms with Gasteiger partial charge in [0, 0.05) is 39.5 Å². The summed E-state index contributed by atoms with van der Waals surface area (Å²) >= 11 is 0. The molecule has 0 fully saturated rings. The molecule has 3 heterocycles. The lowest BCUT2D eigenvalue weighted by molar-refractivity contribution is 1.04. The molecule has 46 heavy (non-hydrogen) atoms. The van der Waals surface area contributed by atoms with Crippen molar-refractivity contribution in [2.45, 2.75) is 26.7 Å². The fourth-order valence-corrected chi connectivity index (χ4v) is 6.47. The van der Waals surface area contributed by atoms with Gasteiger partial charge in [-0.1, -0.05) is 111 Å². The topological polar surface area (TPSA) is 21.1 Å². The van der Waals surface area contributed by atoms with Crippen LogP contribution in [0, 0.1) is 0 Å². The fraction of sp³-hybridized carbons (Fsp3) is 0.0930. The Hall–Kier alpha value is -5.67. The molecule has 0 unspecified atom stereocenters. The van der Waals surface area contributed by atoms with Crippen LogP contribution in [0.4, 0.5) is 11.4 Å². The number of benzene rings is 4. The minimum Gasteiger partial charge on any atom is -0.317 e. The lowest BCUT2D eigenvalue weighted by Crippen LogP contribution is -2.12. The maximum Gasteiger partial charge on any atom is 0.0724 e. The highest BCUT2D eigenvalue weighted by Crippen LogP contribution is 2.41. The van der Waals surface area contributed by atoms with Gasteiger partial charge in [0.25, 0.3) is 0 Å². The van der Waals surface area contributed by atoms with Crippen molar-refractivity contribution in [1.82, 2.24) is 9.55 Å². The van der Waals surface area contributed by atoms with Crippen molar-refractivity contribution < 1.29 is 0 Å². The number of aromatic nitrogens is 2. The number of fused-ring (bicyclic) bond motifs is 4. The van der Waals surface area contributed by atoms with Gasteiger partial charge >= 0.3 is 0 Å². The zero-order valence-electron chi connectivity index (χ0n) is 26.4. The molecule has 2 aromatic heterocycles. The largest absolute Gasteiger partial charge is 0.317 e. The van der Waals surface area contributed by atoms with Crippen molar-refractivity contribution in [2.75, 3.05) is 4.90 Å². The van der Waals surface area contributed by atoms with Gasteiger partial charge in [0.05, 0.1) is 28.6 Å². The van der Waals surface area contributed by atoms with Crippen molar-refractivity contribution >= 4 is 49.9 Å². The van der Waals surface area contributed by atoms with Crippen LogP contribution in [0.5, 0.6) is 0 Å². The molecular formula is C43H37N3. The standard InChI is InChI=1S/C41H31N3.C2H6/c1-29-34(38-27-37-36-18-9-11-21-40(36)44(41(37)28-42-38)33-15-6-3-7-16-33)19-12-26-43(39-20-10-8-17-35(29)39)32-24-22-31(23-25-32)30-13-4-2-5-14-30;1-2/h3-4,6-28H,1-2,5H2;1-2H3/b26-12-,34-19+;. The first kappa shape index (κ1) is 29.1. The number of para-hydroxylation sites is 3. The molecule has 4 aromatic carbocycles. The minimum absolute atomic E-state index is 0.907. The lowest BCUT2D eigenvalue weighted by Gasteiger charge is -2.27. The van der Waals surface area contributed by atoms with Crippen molar-refractivity contribution in [2.24, 2.45) is 0 Å². The Morgan fingerprint density at radius 1 is 0.717 bits per heavy atom. The maximum atomic E-state index is 5.03. The second-order valence-corrected chi connectivity index (χ2v) is 11.2. The highest BCUT2D eigenvalue weighted by atomic mass is 15.1. The summed E-state index contributed by atoms with van der Waals surface area (Å²) in [6.07, 6.45) is 17.4. The van der Waals surface area contributed by atoms with Crippen LogP contribution in [0.1, 0.15) is 43.5 Å². The molecule has 0 saturated heterocycles. The van der Waals surface area contributed by atoms with E-state index in [9.17, 15) is 0 Å². The Labute approximate surface area is 271 Å². The molecule has 0 N–H and O–H groups in total. The lowest BCUT2D eigenvalue weighted by atomic mass is 9.93. The van der Waals surface area contributed by atoms with Crippen LogP contribution in [0.3, 0.4) is 0 Å². The van der Waals surface area contributed by atoms with Crippen LogP contribution in [-0.4, -0.2) is 9.55 Å². The van der Waals surface area contributed by atoms with Crippen LogP contribution >= 0.6 is 0 Å². The summed E-state index contributed by atoms with van der Waals surface area (Å²) in [7, 11) is 0. The number of hydrogen-bond donors (Lipinski definition) is 0. The molecule has 0 bridgehead atoms. The summed E-state index contributed by atoms with van der Waals surface area (Å²) < 4.78 is 2.29. The second kappa shape index (κ2) is 12.7. The first-order chi connectivity index (χ1) is 22.8. The van der Waals surface area contributed by atoms with Gasteiger partial charge in [0.15, 0.2) is 0 Å². The number of anilines is 2. The first-order valence-corrected chi connectivity index (χ1v) is 16.1. The van der Waals surface area contributed by atoms with Crippen LogP contribution in [0.25, 0.3) is 44.2 Å². The Morgan fingerprint density at radius 3 is 2.28 bits per heavy atom. The zero-order valence-corrected chi connectivity index (χ0v) is 26.4. The van der Waals surface area contributed by atoms with Crippen molar-refractivity contribution in [3.05, 3.63) is 175 Å². The van der Waals surface area contributed by atoms with E-state index in [1.807, 2.05) is 20.0 Å². The molecule has 0 spiro atoms. The number of allylic oxidation sites excluding steroid dienone is 8. The third kappa shape index (κ3) is 5.20. The summed E-state index contributed by atoms with van der Waals surface area (Å²) in [5.41, 5.74) is 12.1. The average Bonchev–Trinajstić information content (AvgIpc) is 3.46. The van der Waals surface area contributed by atoms with Gasteiger partial charge < -0.3 is 9.47 Å². The van der Waals surface area contributed by atoms with E-state index in [2.05, 4.69) is 162 Å². The molecule has 0 saturated carbocycles. The Balaban J connectivity index is 0.00000166. The quantitative estimate of drug-likeness (QED) is 0.202. The Morgan fingerprint density at radius 2 is 1.48 bits per heavy atom. The molecule has 2 aliphatic rings. The van der Waals surface area contributed by atoms with Crippen molar-refractivity contribution in [3.63, 3.8) is 0 Å². The first-order valence-electron chi connectivity index (χ1n) is 16.1. The van der Waals surface area contributed by atoms with Gasteiger partial charge in [-0.2, -0.15) is 0 Å². The molecule has 8 rings (SSSR count). The Bertz CT molecular complexity index is 2170. The normalized spacial score (nSPS) is 16.0. The predicted octanol–water partition coefficient (Wildman–Crippen LogP) is 11.7. The monoisotopic (exact) mass is 595 g/mol. The van der Waals surface area contributed by atoms with Gasteiger partial charge in [-0.3, -0.25) is 4.98 Å². The summed E-state index contributed by atoms with van der Waals surface area (Å²) in [6.45, 7) is 8.62. The van der Waals surface area contributed by atoms with Crippen LogP contribution in [-0.2, 0) is 0 Å². The number of rotatable bonds is 4. The SMILES string of the molecule is C=C1/C(c2cc3c4ccccc4n(-c4ccccc4)c3cn2)=C\C=C/N(c2ccc(C3=CCCC=C3)cc2)c2ccccc21.CC. The maximum absolute atomic E-state index is 5.03. The summed E-state index contributed by atoms with van der Waals surface area (Å²) in [5.74, 6) is 0. The molecule has 1 aliphatic carbocycles. The highest BCUT2D eigenvalue weighted by molar-refractivity contribution is 6.12. The van der Waals surface area contributed by atoms with E-state index in [1.165, 1.54) is 27.4 Å².